The highest BCUT2D eigenvalue weighted by molar-refractivity contribution is 5.28. The van der Waals surface area contributed by atoms with Crippen molar-refractivity contribution in [2.75, 3.05) is 6.54 Å². The number of aromatic nitrogens is 2. The summed E-state index contributed by atoms with van der Waals surface area (Å²) in [5.41, 5.74) is 7.57. The van der Waals surface area contributed by atoms with Crippen LogP contribution in [0.1, 0.15) is 74.6 Å². The first kappa shape index (κ1) is 18.3. The monoisotopic (exact) mass is 380 g/mol. The van der Waals surface area contributed by atoms with Gasteiger partial charge in [0.1, 0.15) is 0 Å². The van der Waals surface area contributed by atoms with Crippen LogP contribution in [0.5, 0.6) is 0 Å². The fourth-order valence-electron chi connectivity index (χ4n) is 5.09. The van der Waals surface area contributed by atoms with E-state index >= 15 is 0 Å². The molecule has 1 heterocycles. The molecule has 2 atom stereocenters. The van der Waals surface area contributed by atoms with E-state index in [1.165, 1.54) is 44.1 Å². The van der Waals surface area contributed by atoms with E-state index in [4.69, 9.17) is 15.2 Å². The SMILES string of the molecule is NC1CCC(Cc2nc(C3(CN[C@@H]4C[C@H]4c4ccccc4)CCC3)no2)CC1. The molecule has 0 unspecified atom stereocenters. The summed E-state index contributed by atoms with van der Waals surface area (Å²) in [5.74, 6) is 3.08. The second kappa shape index (κ2) is 7.60. The predicted octanol–water partition coefficient (Wildman–Crippen LogP) is 3.70. The molecule has 3 saturated carbocycles. The number of nitrogens with one attached hydrogen (secondary N) is 1. The van der Waals surface area contributed by atoms with E-state index < -0.39 is 0 Å². The summed E-state index contributed by atoms with van der Waals surface area (Å²) in [6.45, 7) is 0.970. The highest BCUT2D eigenvalue weighted by Gasteiger charge is 2.46. The van der Waals surface area contributed by atoms with Crippen LogP contribution < -0.4 is 11.1 Å². The Bertz CT molecular complexity index is 777. The van der Waals surface area contributed by atoms with Gasteiger partial charge >= 0.3 is 0 Å². The Labute approximate surface area is 167 Å². The number of benzene rings is 1. The molecule has 1 aromatic heterocycles. The second-order valence-corrected chi connectivity index (χ2v) is 9.37. The van der Waals surface area contributed by atoms with Crippen molar-refractivity contribution in [3.05, 3.63) is 47.6 Å². The van der Waals surface area contributed by atoms with Crippen LogP contribution in [-0.4, -0.2) is 28.8 Å². The Morgan fingerprint density at radius 1 is 1.11 bits per heavy atom. The minimum Gasteiger partial charge on any atom is -0.339 e. The van der Waals surface area contributed by atoms with Crippen molar-refractivity contribution in [3.8, 4) is 0 Å². The van der Waals surface area contributed by atoms with Gasteiger partial charge in [-0.3, -0.25) is 0 Å². The van der Waals surface area contributed by atoms with Crippen molar-refractivity contribution in [1.29, 1.82) is 0 Å². The topological polar surface area (TPSA) is 77.0 Å². The number of nitrogens with zero attached hydrogens (tertiary/aromatic N) is 2. The molecule has 150 valence electrons. The molecule has 3 N–H and O–H groups in total. The van der Waals surface area contributed by atoms with Gasteiger partial charge in [0.15, 0.2) is 5.82 Å². The van der Waals surface area contributed by atoms with Gasteiger partial charge in [-0.2, -0.15) is 4.98 Å². The molecule has 0 spiro atoms. The van der Waals surface area contributed by atoms with Crippen LogP contribution >= 0.6 is 0 Å². The maximum atomic E-state index is 6.03. The van der Waals surface area contributed by atoms with Gasteiger partial charge in [0, 0.05) is 36.4 Å². The van der Waals surface area contributed by atoms with Gasteiger partial charge in [0.2, 0.25) is 5.89 Å². The van der Waals surface area contributed by atoms with Gasteiger partial charge < -0.3 is 15.6 Å². The largest absolute Gasteiger partial charge is 0.339 e. The highest BCUT2D eigenvalue weighted by Crippen LogP contribution is 2.45. The van der Waals surface area contributed by atoms with E-state index in [9.17, 15) is 0 Å². The molecule has 0 aliphatic heterocycles. The Kier molecular flexibility index (Phi) is 4.97. The van der Waals surface area contributed by atoms with Crippen molar-refractivity contribution in [3.63, 3.8) is 0 Å². The molecular formula is C23H32N4O. The van der Waals surface area contributed by atoms with Crippen LogP contribution in [0.3, 0.4) is 0 Å². The number of hydrogen-bond acceptors (Lipinski definition) is 5. The lowest BCUT2D eigenvalue weighted by atomic mass is 9.68. The lowest BCUT2D eigenvalue weighted by Crippen LogP contribution is -2.45. The third-order valence-electron chi connectivity index (χ3n) is 7.33. The Morgan fingerprint density at radius 2 is 1.89 bits per heavy atom. The normalized spacial score (nSPS) is 31.3. The molecule has 2 aromatic rings. The zero-order valence-electron chi connectivity index (χ0n) is 16.6. The van der Waals surface area contributed by atoms with E-state index in [0.29, 0.717) is 23.9 Å². The fraction of sp³-hybridized carbons (Fsp3) is 0.652. The highest BCUT2D eigenvalue weighted by atomic mass is 16.5. The zero-order valence-corrected chi connectivity index (χ0v) is 16.6. The summed E-state index contributed by atoms with van der Waals surface area (Å²) in [6, 6.07) is 11.8. The molecule has 0 amide bonds. The Balaban J connectivity index is 1.17. The van der Waals surface area contributed by atoms with Crippen LogP contribution in [0.15, 0.2) is 34.9 Å². The quantitative estimate of drug-likeness (QED) is 0.766. The summed E-state index contributed by atoms with van der Waals surface area (Å²) in [4.78, 5) is 4.84. The Morgan fingerprint density at radius 3 is 2.61 bits per heavy atom. The summed E-state index contributed by atoms with van der Waals surface area (Å²) < 4.78 is 5.67. The van der Waals surface area contributed by atoms with Crippen LogP contribution in [-0.2, 0) is 11.8 Å². The molecule has 0 bridgehead atoms. The molecule has 3 fully saturated rings. The van der Waals surface area contributed by atoms with Crippen LogP contribution in [0.25, 0.3) is 0 Å². The second-order valence-electron chi connectivity index (χ2n) is 9.37. The first-order valence-corrected chi connectivity index (χ1v) is 11.1. The summed E-state index contributed by atoms with van der Waals surface area (Å²) in [5, 5.41) is 8.22. The molecule has 28 heavy (non-hydrogen) atoms. The third-order valence-corrected chi connectivity index (χ3v) is 7.33. The average Bonchev–Trinajstić information content (AvgIpc) is 3.33. The maximum absolute atomic E-state index is 6.03. The van der Waals surface area contributed by atoms with Crippen LogP contribution in [0, 0.1) is 5.92 Å². The Hall–Kier alpha value is -1.72. The first-order chi connectivity index (χ1) is 13.7. The molecule has 5 nitrogen and oxygen atoms in total. The van der Waals surface area contributed by atoms with Gasteiger partial charge in [-0.05, 0) is 56.4 Å². The van der Waals surface area contributed by atoms with Gasteiger partial charge in [0.25, 0.3) is 0 Å². The molecule has 3 aliphatic carbocycles. The maximum Gasteiger partial charge on any atom is 0.226 e. The minimum atomic E-state index is 0.0838. The summed E-state index contributed by atoms with van der Waals surface area (Å²) in [7, 11) is 0. The van der Waals surface area contributed by atoms with Gasteiger partial charge in [-0.25, -0.2) is 0 Å². The molecule has 1 aromatic carbocycles. The zero-order chi connectivity index (χ0) is 19.0. The van der Waals surface area contributed by atoms with Gasteiger partial charge in [-0.15, -0.1) is 0 Å². The van der Waals surface area contributed by atoms with Crippen molar-refractivity contribution in [2.24, 2.45) is 11.7 Å². The van der Waals surface area contributed by atoms with Crippen molar-refractivity contribution in [1.82, 2.24) is 15.5 Å². The van der Waals surface area contributed by atoms with E-state index in [1.807, 2.05) is 0 Å². The van der Waals surface area contributed by atoms with E-state index in [2.05, 4.69) is 40.8 Å². The van der Waals surface area contributed by atoms with Gasteiger partial charge in [0.05, 0.1) is 0 Å². The van der Waals surface area contributed by atoms with Crippen LogP contribution in [0.2, 0.25) is 0 Å². The van der Waals surface area contributed by atoms with Crippen LogP contribution in [0.4, 0.5) is 0 Å². The molecular weight excluding hydrogens is 348 g/mol. The van der Waals surface area contributed by atoms with E-state index in [-0.39, 0.29) is 5.41 Å². The van der Waals surface area contributed by atoms with Crippen molar-refractivity contribution < 1.29 is 4.52 Å². The molecule has 0 radical (unpaired) electrons. The number of rotatable bonds is 7. The fourth-order valence-corrected chi connectivity index (χ4v) is 5.09. The third kappa shape index (κ3) is 3.74. The van der Waals surface area contributed by atoms with Crippen molar-refractivity contribution >= 4 is 0 Å². The molecule has 3 aliphatic rings. The van der Waals surface area contributed by atoms with E-state index in [0.717, 1.165) is 37.5 Å². The molecule has 5 rings (SSSR count). The van der Waals surface area contributed by atoms with Crippen molar-refractivity contribution in [2.45, 2.75) is 81.2 Å². The number of hydrogen-bond donors (Lipinski definition) is 2. The smallest absolute Gasteiger partial charge is 0.226 e. The molecule has 5 heteroatoms. The average molecular weight is 381 g/mol. The summed E-state index contributed by atoms with van der Waals surface area (Å²) in [6.07, 6.45) is 10.4. The first-order valence-electron chi connectivity index (χ1n) is 11.1. The lowest BCUT2D eigenvalue weighted by Gasteiger charge is -2.39. The summed E-state index contributed by atoms with van der Waals surface area (Å²) >= 11 is 0. The van der Waals surface area contributed by atoms with E-state index in [1.54, 1.807) is 0 Å². The minimum absolute atomic E-state index is 0.0838. The molecule has 0 saturated heterocycles. The predicted molar refractivity (Wildman–Crippen MR) is 109 cm³/mol. The van der Waals surface area contributed by atoms with Gasteiger partial charge in [-0.1, -0.05) is 41.9 Å². The number of nitrogens with two attached hydrogens (primary N) is 1. The standard InChI is InChI=1S/C23H32N4O/c24-18-9-7-16(8-10-18)13-21-26-22(27-28-21)23(11-4-12-23)15-25-20-14-19(20)17-5-2-1-3-6-17/h1-3,5-6,16,18-20,25H,4,7-15,24H2/t16?,18?,19-,20+/m0/s1. The lowest BCUT2D eigenvalue weighted by molar-refractivity contribution is 0.210.